The first-order valence-corrected chi connectivity index (χ1v) is 14.1. The Labute approximate surface area is 231 Å². The zero-order valence-electron chi connectivity index (χ0n) is 22.3. The number of carbonyl (C=O) groups is 1. The molecular formula is C29H32N10O. The number of pyridine rings is 3. The minimum Gasteiger partial charge on any atom is -0.355 e. The zero-order valence-corrected chi connectivity index (χ0v) is 22.3. The second-order valence-electron chi connectivity index (χ2n) is 10.8. The third kappa shape index (κ3) is 4.88. The molecule has 204 valence electrons. The van der Waals surface area contributed by atoms with E-state index in [9.17, 15) is 4.79 Å². The van der Waals surface area contributed by atoms with E-state index < -0.39 is 0 Å². The first kappa shape index (κ1) is 24.6. The van der Waals surface area contributed by atoms with Gasteiger partial charge in [0.05, 0.1) is 34.8 Å². The summed E-state index contributed by atoms with van der Waals surface area (Å²) in [5, 5.41) is 14.9. The summed E-state index contributed by atoms with van der Waals surface area (Å²) in [4.78, 5) is 37.1. The number of imidazole rings is 1. The number of aromatic nitrogens is 7. The van der Waals surface area contributed by atoms with Crippen molar-refractivity contribution in [1.82, 2.24) is 40.4 Å². The first-order valence-electron chi connectivity index (χ1n) is 14.1. The van der Waals surface area contributed by atoms with Crippen LogP contribution >= 0.6 is 0 Å². The van der Waals surface area contributed by atoms with E-state index >= 15 is 0 Å². The van der Waals surface area contributed by atoms with Crippen LogP contribution in [0.3, 0.4) is 0 Å². The van der Waals surface area contributed by atoms with Crippen molar-refractivity contribution in [3.8, 4) is 22.8 Å². The molecule has 0 radical (unpaired) electrons. The predicted molar refractivity (Wildman–Crippen MR) is 155 cm³/mol. The molecule has 40 heavy (non-hydrogen) atoms. The quantitative estimate of drug-likeness (QED) is 0.252. The van der Waals surface area contributed by atoms with Gasteiger partial charge < -0.3 is 20.5 Å². The van der Waals surface area contributed by atoms with E-state index in [1.807, 2.05) is 24.4 Å². The monoisotopic (exact) mass is 536 g/mol. The van der Waals surface area contributed by atoms with E-state index in [-0.39, 0.29) is 5.91 Å². The fourth-order valence-corrected chi connectivity index (χ4v) is 5.83. The molecule has 0 bridgehead atoms. The summed E-state index contributed by atoms with van der Waals surface area (Å²) in [6, 6.07) is 5.86. The van der Waals surface area contributed by atoms with Gasteiger partial charge in [-0.15, -0.1) is 0 Å². The summed E-state index contributed by atoms with van der Waals surface area (Å²) in [6.07, 6.45) is 13.2. The molecular weight excluding hydrogens is 504 g/mol. The van der Waals surface area contributed by atoms with Crippen LogP contribution in [-0.2, 0) is 4.79 Å². The molecule has 0 spiro atoms. The van der Waals surface area contributed by atoms with Crippen LogP contribution in [0, 0.1) is 5.92 Å². The van der Waals surface area contributed by atoms with Gasteiger partial charge in [-0.3, -0.25) is 19.9 Å². The Morgan fingerprint density at radius 2 is 1.90 bits per heavy atom. The second-order valence-corrected chi connectivity index (χ2v) is 10.8. The molecule has 5 aromatic rings. The second kappa shape index (κ2) is 10.6. The third-order valence-electron chi connectivity index (χ3n) is 7.96. The molecule has 11 heteroatoms. The largest absolute Gasteiger partial charge is 0.355 e. The molecule has 0 atom stereocenters. The molecule has 1 amide bonds. The molecule has 5 aromatic heterocycles. The molecule has 0 saturated carbocycles. The van der Waals surface area contributed by atoms with Gasteiger partial charge in [0.25, 0.3) is 0 Å². The highest BCUT2D eigenvalue weighted by atomic mass is 16.1. The molecule has 2 fully saturated rings. The zero-order chi connectivity index (χ0) is 26.9. The fourth-order valence-electron chi connectivity index (χ4n) is 5.83. The summed E-state index contributed by atoms with van der Waals surface area (Å²) < 4.78 is 0. The van der Waals surface area contributed by atoms with Gasteiger partial charge in [-0.1, -0.05) is 0 Å². The van der Waals surface area contributed by atoms with Crippen molar-refractivity contribution in [2.45, 2.75) is 38.5 Å². The molecule has 2 saturated heterocycles. The molecule has 0 aliphatic carbocycles. The third-order valence-corrected chi connectivity index (χ3v) is 7.96. The van der Waals surface area contributed by atoms with Crippen molar-refractivity contribution in [2.24, 2.45) is 5.92 Å². The molecule has 7 rings (SSSR count). The summed E-state index contributed by atoms with van der Waals surface area (Å²) in [7, 11) is 0. The van der Waals surface area contributed by atoms with Crippen molar-refractivity contribution in [1.29, 1.82) is 0 Å². The Hall–Kier alpha value is -4.38. The molecule has 11 nitrogen and oxygen atoms in total. The van der Waals surface area contributed by atoms with E-state index in [0.29, 0.717) is 23.9 Å². The topological polar surface area (TPSA) is 140 Å². The summed E-state index contributed by atoms with van der Waals surface area (Å²) >= 11 is 0. The number of fused-ring (bicyclic) bond motifs is 2. The van der Waals surface area contributed by atoms with Crippen LogP contribution < -0.4 is 15.5 Å². The van der Waals surface area contributed by atoms with Crippen LogP contribution in [0.5, 0.6) is 0 Å². The van der Waals surface area contributed by atoms with E-state index in [0.717, 1.165) is 83.7 Å². The Kier molecular flexibility index (Phi) is 6.56. The minimum atomic E-state index is 0.0229. The number of amides is 1. The lowest BCUT2D eigenvalue weighted by molar-refractivity contribution is -0.117. The van der Waals surface area contributed by atoms with E-state index in [2.05, 4.69) is 45.7 Å². The normalized spacial score (nSPS) is 16.6. The number of hydrogen-bond donors (Lipinski definition) is 4. The lowest BCUT2D eigenvalue weighted by Crippen LogP contribution is -2.30. The number of aromatic amines is 2. The van der Waals surface area contributed by atoms with Gasteiger partial charge in [-0.25, -0.2) is 9.97 Å². The minimum absolute atomic E-state index is 0.0229. The maximum absolute atomic E-state index is 12.7. The molecule has 7 heterocycles. The molecule has 2 aliphatic heterocycles. The molecule has 0 unspecified atom stereocenters. The number of nitrogens with zero attached hydrogens (tertiary/aromatic N) is 6. The number of H-pyrrole nitrogens is 2. The fraction of sp³-hybridized carbons (Fsp3) is 0.379. The van der Waals surface area contributed by atoms with Crippen molar-refractivity contribution < 1.29 is 4.79 Å². The van der Waals surface area contributed by atoms with E-state index in [1.165, 1.54) is 19.3 Å². The van der Waals surface area contributed by atoms with Gasteiger partial charge in [0.15, 0.2) is 11.6 Å². The van der Waals surface area contributed by atoms with Gasteiger partial charge in [0, 0.05) is 42.9 Å². The SMILES string of the molecule is O=C(CC1CCNCC1)Nc1cncc(-c2cc3c(-c4nc5c(N6CCCCC6)nccc5[nH]4)n[nH]c3cn2)c1. The van der Waals surface area contributed by atoms with Crippen LogP contribution in [0.4, 0.5) is 11.5 Å². The van der Waals surface area contributed by atoms with Crippen molar-refractivity contribution in [3.63, 3.8) is 0 Å². The molecule has 0 aromatic carbocycles. The molecule has 2 aliphatic rings. The summed E-state index contributed by atoms with van der Waals surface area (Å²) in [5.41, 5.74) is 5.56. The van der Waals surface area contributed by atoms with Crippen molar-refractivity contribution >= 4 is 39.3 Å². The van der Waals surface area contributed by atoms with Gasteiger partial charge in [0.2, 0.25) is 5.91 Å². The highest BCUT2D eigenvalue weighted by Crippen LogP contribution is 2.32. The Morgan fingerprint density at radius 3 is 2.77 bits per heavy atom. The maximum Gasteiger partial charge on any atom is 0.224 e. The Bertz CT molecular complexity index is 1660. The lowest BCUT2D eigenvalue weighted by atomic mass is 9.94. The van der Waals surface area contributed by atoms with Crippen molar-refractivity contribution in [2.75, 3.05) is 36.4 Å². The number of piperidine rings is 2. The molecule has 4 N–H and O–H groups in total. The van der Waals surface area contributed by atoms with Crippen LogP contribution in [-0.4, -0.2) is 67.2 Å². The van der Waals surface area contributed by atoms with Crippen LogP contribution in [0.15, 0.2) is 43.0 Å². The average Bonchev–Trinajstić information content (AvgIpc) is 3.62. The van der Waals surface area contributed by atoms with Crippen LogP contribution in [0.25, 0.3) is 44.7 Å². The maximum atomic E-state index is 12.7. The Morgan fingerprint density at radius 1 is 1.02 bits per heavy atom. The first-order chi connectivity index (χ1) is 19.7. The number of rotatable bonds is 6. The Balaban J connectivity index is 1.17. The summed E-state index contributed by atoms with van der Waals surface area (Å²) in [5.74, 6) is 2.05. The number of nitrogens with one attached hydrogen (secondary N) is 4. The number of carbonyl (C=O) groups excluding carboxylic acids is 1. The van der Waals surface area contributed by atoms with Crippen molar-refractivity contribution in [3.05, 3.63) is 43.0 Å². The van der Waals surface area contributed by atoms with Gasteiger partial charge in [0.1, 0.15) is 11.2 Å². The average molecular weight is 537 g/mol. The van der Waals surface area contributed by atoms with E-state index in [1.54, 1.807) is 18.6 Å². The van der Waals surface area contributed by atoms with Gasteiger partial charge in [-0.2, -0.15) is 5.10 Å². The smallest absolute Gasteiger partial charge is 0.224 e. The summed E-state index contributed by atoms with van der Waals surface area (Å²) in [6.45, 7) is 3.95. The standard InChI is InChI=1S/C29H32N10O/c40-25(12-18-4-7-30-8-5-18)34-20-13-19(15-31-16-20)23-14-21-24(17-33-23)37-38-26(21)28-35-22-6-9-32-29(27(22)36-28)39-10-2-1-3-11-39/h6,9,13-18,30H,1-5,7-8,10-12H2,(H,34,40)(H,35,36)(H,37,38). The number of hydrogen-bond acceptors (Lipinski definition) is 8. The van der Waals surface area contributed by atoms with Gasteiger partial charge in [-0.05, 0) is 69.3 Å². The van der Waals surface area contributed by atoms with Gasteiger partial charge >= 0.3 is 0 Å². The number of anilines is 2. The van der Waals surface area contributed by atoms with E-state index in [4.69, 9.17) is 4.98 Å². The predicted octanol–water partition coefficient (Wildman–Crippen LogP) is 4.28. The highest BCUT2D eigenvalue weighted by molar-refractivity contribution is 5.96. The van der Waals surface area contributed by atoms with Crippen LogP contribution in [0.2, 0.25) is 0 Å². The van der Waals surface area contributed by atoms with Crippen LogP contribution in [0.1, 0.15) is 38.5 Å². The highest BCUT2D eigenvalue weighted by Gasteiger charge is 2.20. The lowest BCUT2D eigenvalue weighted by Gasteiger charge is -2.27.